The first-order valence-electron chi connectivity index (χ1n) is 9.38. The lowest BCUT2D eigenvalue weighted by Crippen LogP contribution is -2.66. The van der Waals surface area contributed by atoms with Crippen LogP contribution in [0.5, 0.6) is 5.75 Å². The van der Waals surface area contributed by atoms with E-state index in [-0.39, 0.29) is 29.6 Å². The largest absolute Gasteiger partial charge is 0.467 e. The normalized spacial score (nSPS) is 31.1. The first-order chi connectivity index (χ1) is 13.0. The summed E-state index contributed by atoms with van der Waals surface area (Å²) in [7, 11) is 0. The predicted molar refractivity (Wildman–Crippen MR) is 102 cm³/mol. The average molecular weight is 383 g/mol. The highest BCUT2D eigenvalue weighted by Gasteiger charge is 2.57. The molecule has 2 N–H and O–H groups in total. The predicted octanol–water partition coefficient (Wildman–Crippen LogP) is 3.34. The van der Waals surface area contributed by atoms with Gasteiger partial charge in [0.25, 0.3) is 5.91 Å². The van der Waals surface area contributed by atoms with E-state index in [2.05, 4.69) is 15.6 Å². The zero-order valence-corrected chi connectivity index (χ0v) is 15.8. The highest BCUT2D eigenvalue weighted by atomic mass is 32.1. The van der Waals surface area contributed by atoms with E-state index in [1.165, 1.54) is 11.3 Å². The number of aryl methyl sites for hydroxylation is 1. The summed E-state index contributed by atoms with van der Waals surface area (Å²) in [5, 5.41) is 8.69. The quantitative estimate of drug-likeness (QED) is 0.833. The minimum Gasteiger partial charge on any atom is -0.467 e. The van der Waals surface area contributed by atoms with Crippen molar-refractivity contribution in [3.8, 4) is 5.75 Å². The number of carbonyl (C=O) groups excluding carboxylic acids is 2. The summed E-state index contributed by atoms with van der Waals surface area (Å²) in [6.45, 7) is 1.92. The van der Waals surface area contributed by atoms with Gasteiger partial charge in [-0.05, 0) is 44.2 Å². The molecule has 4 aliphatic rings. The van der Waals surface area contributed by atoms with Gasteiger partial charge in [-0.2, -0.15) is 0 Å². The van der Waals surface area contributed by atoms with Crippen molar-refractivity contribution in [2.45, 2.75) is 38.3 Å². The van der Waals surface area contributed by atoms with Crippen LogP contribution in [-0.4, -0.2) is 22.5 Å². The Morgan fingerprint density at radius 1 is 1.37 bits per heavy atom. The van der Waals surface area contributed by atoms with Crippen molar-refractivity contribution in [3.63, 3.8) is 0 Å². The Balaban J connectivity index is 1.36. The van der Waals surface area contributed by atoms with Crippen molar-refractivity contribution >= 4 is 28.3 Å². The molecule has 3 saturated carbocycles. The molecule has 2 bridgehead atoms. The Morgan fingerprint density at radius 3 is 2.96 bits per heavy atom. The first-order valence-corrected chi connectivity index (χ1v) is 10.3. The molecular weight excluding hydrogens is 362 g/mol. The molecule has 3 fully saturated rings. The van der Waals surface area contributed by atoms with Crippen molar-refractivity contribution in [2.75, 3.05) is 5.32 Å². The third-order valence-electron chi connectivity index (χ3n) is 6.15. The Kier molecular flexibility index (Phi) is 3.75. The molecule has 2 aromatic rings. The first kappa shape index (κ1) is 16.7. The summed E-state index contributed by atoms with van der Waals surface area (Å²) in [4.78, 5) is 29.8. The van der Waals surface area contributed by atoms with Crippen LogP contribution in [0.2, 0.25) is 0 Å². The molecule has 3 aliphatic carbocycles. The highest BCUT2D eigenvalue weighted by Crippen LogP contribution is 2.52. The third kappa shape index (κ3) is 2.72. The second-order valence-electron chi connectivity index (χ2n) is 7.81. The number of benzene rings is 1. The molecule has 0 radical (unpaired) electrons. The molecule has 1 aromatic heterocycles. The summed E-state index contributed by atoms with van der Waals surface area (Å²) < 4.78 is 6.34. The van der Waals surface area contributed by atoms with Gasteiger partial charge in [-0.1, -0.05) is 12.1 Å². The van der Waals surface area contributed by atoms with Gasteiger partial charge in [0, 0.05) is 23.6 Å². The number of fused-ring (bicyclic) bond motifs is 3. The fraction of sp³-hybridized carbons (Fsp3) is 0.450. The monoisotopic (exact) mass is 383 g/mol. The fourth-order valence-electron chi connectivity index (χ4n) is 4.89. The number of rotatable bonds is 2. The van der Waals surface area contributed by atoms with Crippen molar-refractivity contribution in [3.05, 3.63) is 40.9 Å². The number of aromatic nitrogens is 1. The molecule has 4 atom stereocenters. The molecular formula is C20H21N3O3S. The number of thiazole rings is 1. The number of nitrogens with zero attached hydrogens (tertiary/aromatic N) is 1. The number of nitrogens with one attached hydrogen (secondary N) is 2. The Hall–Kier alpha value is -2.41. The van der Waals surface area contributed by atoms with Crippen molar-refractivity contribution < 1.29 is 14.3 Å². The van der Waals surface area contributed by atoms with Crippen LogP contribution in [0.25, 0.3) is 0 Å². The number of ether oxygens (including phenoxy) is 1. The van der Waals surface area contributed by atoms with Crippen molar-refractivity contribution in [1.82, 2.24) is 10.3 Å². The molecule has 7 heteroatoms. The molecule has 140 valence electrons. The van der Waals surface area contributed by atoms with Crippen molar-refractivity contribution in [1.29, 1.82) is 0 Å². The number of anilines is 1. The van der Waals surface area contributed by atoms with Gasteiger partial charge in [0.1, 0.15) is 5.75 Å². The summed E-state index contributed by atoms with van der Waals surface area (Å²) >= 11 is 1.45. The van der Waals surface area contributed by atoms with Gasteiger partial charge >= 0.3 is 0 Å². The molecule has 1 spiro atoms. The standard InChI is InChI=1S/C20H21N3O3S/c1-11-10-27-19(21-11)22-17(24)15-8-13-7-6-12(15)9-20(13)23-18(25)14-4-2-3-5-16(14)26-20/h2-5,10,12-13,15H,6-9H2,1H3,(H,23,25)(H,21,22,24)/t12-,13-,15+,20+/m1/s1. The smallest absolute Gasteiger partial charge is 0.258 e. The summed E-state index contributed by atoms with van der Waals surface area (Å²) in [6, 6.07) is 7.37. The van der Waals surface area contributed by atoms with Gasteiger partial charge in [-0.25, -0.2) is 4.98 Å². The SMILES string of the molecule is Cc1csc(NC(=O)[C@H]2C[C@H]3CC[C@@H]2C[C@@]32NC(=O)c3ccccc3O2)n1. The minimum absolute atomic E-state index is 0.0384. The number of amides is 2. The second kappa shape index (κ2) is 6.05. The van der Waals surface area contributed by atoms with Crippen LogP contribution in [0.4, 0.5) is 5.13 Å². The van der Waals surface area contributed by atoms with Crippen molar-refractivity contribution in [2.24, 2.45) is 17.8 Å². The van der Waals surface area contributed by atoms with E-state index in [4.69, 9.17) is 4.74 Å². The van der Waals surface area contributed by atoms with E-state index in [0.29, 0.717) is 22.9 Å². The summed E-state index contributed by atoms with van der Waals surface area (Å²) in [5.74, 6) is 0.875. The van der Waals surface area contributed by atoms with Crippen LogP contribution in [0, 0.1) is 24.7 Å². The maximum Gasteiger partial charge on any atom is 0.258 e. The molecule has 6 rings (SSSR count). The van der Waals surface area contributed by atoms with Crippen LogP contribution < -0.4 is 15.4 Å². The average Bonchev–Trinajstić information content (AvgIpc) is 3.06. The number of hydrogen-bond acceptors (Lipinski definition) is 5. The van der Waals surface area contributed by atoms with Gasteiger partial charge in [0.15, 0.2) is 10.9 Å². The Bertz CT molecular complexity index is 927. The van der Waals surface area contributed by atoms with Gasteiger partial charge < -0.3 is 15.4 Å². The van der Waals surface area contributed by atoms with E-state index >= 15 is 0 Å². The fourth-order valence-corrected chi connectivity index (χ4v) is 5.58. The van der Waals surface area contributed by atoms with E-state index in [1.54, 1.807) is 6.07 Å². The number of hydrogen-bond donors (Lipinski definition) is 2. The van der Waals surface area contributed by atoms with Crippen LogP contribution in [0.15, 0.2) is 29.6 Å². The Morgan fingerprint density at radius 2 is 2.22 bits per heavy atom. The van der Waals surface area contributed by atoms with Crippen LogP contribution in [0.1, 0.15) is 41.7 Å². The zero-order valence-electron chi connectivity index (χ0n) is 15.0. The van der Waals surface area contributed by atoms with E-state index in [0.717, 1.165) is 25.0 Å². The summed E-state index contributed by atoms with van der Waals surface area (Å²) in [6.07, 6.45) is 3.35. The topological polar surface area (TPSA) is 80.3 Å². The van der Waals surface area contributed by atoms with E-state index in [9.17, 15) is 9.59 Å². The van der Waals surface area contributed by atoms with Gasteiger partial charge in [-0.3, -0.25) is 9.59 Å². The highest BCUT2D eigenvalue weighted by molar-refractivity contribution is 7.13. The lowest BCUT2D eigenvalue weighted by molar-refractivity contribution is -0.142. The maximum atomic E-state index is 12.8. The molecule has 0 unspecified atom stereocenters. The summed E-state index contributed by atoms with van der Waals surface area (Å²) in [5.41, 5.74) is 0.817. The third-order valence-corrected chi connectivity index (χ3v) is 7.03. The lowest BCUT2D eigenvalue weighted by atomic mass is 9.60. The van der Waals surface area contributed by atoms with Gasteiger partial charge in [0.2, 0.25) is 5.91 Å². The molecule has 1 aliphatic heterocycles. The molecule has 2 heterocycles. The maximum absolute atomic E-state index is 12.8. The number of carbonyl (C=O) groups is 2. The van der Waals surface area contributed by atoms with E-state index in [1.807, 2.05) is 30.5 Å². The van der Waals surface area contributed by atoms with Crippen LogP contribution in [-0.2, 0) is 4.79 Å². The van der Waals surface area contributed by atoms with Gasteiger partial charge in [-0.15, -0.1) is 11.3 Å². The molecule has 0 saturated heterocycles. The van der Waals surface area contributed by atoms with Gasteiger partial charge in [0.05, 0.1) is 11.3 Å². The minimum atomic E-state index is -0.678. The van der Waals surface area contributed by atoms with E-state index < -0.39 is 5.72 Å². The van der Waals surface area contributed by atoms with Crippen LogP contribution >= 0.6 is 11.3 Å². The Labute approximate surface area is 161 Å². The zero-order chi connectivity index (χ0) is 18.6. The molecule has 6 nitrogen and oxygen atoms in total. The molecule has 1 aromatic carbocycles. The lowest BCUT2D eigenvalue weighted by Gasteiger charge is -2.55. The van der Waals surface area contributed by atoms with Crippen LogP contribution in [0.3, 0.4) is 0 Å². The molecule has 2 amide bonds. The second-order valence-corrected chi connectivity index (χ2v) is 8.66. The molecule has 27 heavy (non-hydrogen) atoms. The number of para-hydroxylation sites is 1.